The van der Waals surface area contributed by atoms with E-state index in [0.29, 0.717) is 30.8 Å². The number of nitrogens with zero attached hydrogens (tertiary/aromatic N) is 3. The van der Waals surface area contributed by atoms with Gasteiger partial charge in [-0.15, -0.1) is 0 Å². The lowest BCUT2D eigenvalue weighted by molar-refractivity contribution is -0.140. The summed E-state index contributed by atoms with van der Waals surface area (Å²) in [5, 5.41) is 3.57. The standard InChI is InChI=1S/C23H33N5O5S/c1-16-13-17(2)20(18(3)14-16)34(32,33)27-11-9-26(10-12-27)15-19(29)25-28-21(30)23(24-22(28)31)7-5-4-6-8-23/h13-14H,4-12,15H2,1-3H3,(H,24,31)(H,25,29). The third kappa shape index (κ3) is 4.56. The van der Waals surface area contributed by atoms with Crippen molar-refractivity contribution in [2.24, 2.45) is 0 Å². The van der Waals surface area contributed by atoms with Gasteiger partial charge in [0.25, 0.3) is 11.8 Å². The molecule has 2 aliphatic heterocycles. The minimum absolute atomic E-state index is 0.0272. The number of hydrazine groups is 1. The maximum atomic E-state index is 13.3. The SMILES string of the molecule is Cc1cc(C)c(S(=O)(=O)N2CCN(CC(=O)NN3C(=O)NC4(CCCCC4)C3=O)CC2)c(C)c1. The summed E-state index contributed by atoms with van der Waals surface area (Å²) < 4.78 is 28.0. The molecule has 2 heterocycles. The number of carbonyl (C=O) groups excluding carboxylic acids is 3. The predicted molar refractivity (Wildman–Crippen MR) is 125 cm³/mol. The molecule has 1 saturated carbocycles. The van der Waals surface area contributed by atoms with Crippen molar-refractivity contribution >= 4 is 27.9 Å². The average molecular weight is 492 g/mol. The van der Waals surface area contributed by atoms with Gasteiger partial charge in [-0.3, -0.25) is 19.9 Å². The van der Waals surface area contributed by atoms with Gasteiger partial charge < -0.3 is 5.32 Å². The van der Waals surface area contributed by atoms with Crippen LogP contribution in [0.15, 0.2) is 17.0 Å². The monoisotopic (exact) mass is 491 g/mol. The summed E-state index contributed by atoms with van der Waals surface area (Å²) in [7, 11) is -3.64. The number of aryl methyl sites for hydroxylation is 3. The first-order valence-electron chi connectivity index (χ1n) is 11.8. The number of rotatable bonds is 5. The summed E-state index contributed by atoms with van der Waals surface area (Å²) in [6, 6.07) is 3.14. The van der Waals surface area contributed by atoms with Gasteiger partial charge in [-0.1, -0.05) is 37.0 Å². The molecule has 2 saturated heterocycles. The van der Waals surface area contributed by atoms with Gasteiger partial charge in [0.05, 0.1) is 11.4 Å². The number of piperazine rings is 1. The van der Waals surface area contributed by atoms with Crippen LogP contribution in [0.1, 0.15) is 48.8 Å². The van der Waals surface area contributed by atoms with Crippen molar-refractivity contribution in [1.29, 1.82) is 0 Å². The first kappa shape index (κ1) is 24.6. The van der Waals surface area contributed by atoms with Gasteiger partial charge in [0.1, 0.15) is 5.54 Å². The van der Waals surface area contributed by atoms with E-state index in [0.717, 1.165) is 41.0 Å². The van der Waals surface area contributed by atoms with Crippen LogP contribution in [0.25, 0.3) is 0 Å². The molecule has 0 bridgehead atoms. The van der Waals surface area contributed by atoms with Gasteiger partial charge in [-0.05, 0) is 44.7 Å². The molecule has 4 amide bonds. The minimum Gasteiger partial charge on any atom is -0.322 e. The fraction of sp³-hybridized carbons (Fsp3) is 0.609. The zero-order valence-corrected chi connectivity index (χ0v) is 20.8. The smallest absolute Gasteiger partial charge is 0.322 e. The van der Waals surface area contributed by atoms with Crippen LogP contribution in [0.4, 0.5) is 4.79 Å². The first-order chi connectivity index (χ1) is 16.0. The zero-order chi connectivity index (χ0) is 24.7. The first-order valence-corrected chi connectivity index (χ1v) is 13.2. The largest absolute Gasteiger partial charge is 0.344 e. The molecular weight excluding hydrogens is 458 g/mol. The number of benzene rings is 1. The Hall–Kier alpha value is -2.50. The van der Waals surface area contributed by atoms with E-state index in [2.05, 4.69) is 10.7 Å². The lowest BCUT2D eigenvalue weighted by Gasteiger charge is -2.34. The molecule has 10 nitrogen and oxygen atoms in total. The van der Waals surface area contributed by atoms with Gasteiger partial charge in [0.2, 0.25) is 10.0 Å². The lowest BCUT2D eigenvalue weighted by atomic mass is 9.82. The van der Waals surface area contributed by atoms with E-state index in [1.165, 1.54) is 4.31 Å². The minimum atomic E-state index is -3.64. The van der Waals surface area contributed by atoms with Crippen LogP contribution in [0, 0.1) is 20.8 Å². The highest BCUT2D eigenvalue weighted by molar-refractivity contribution is 7.89. The number of hydrogen-bond acceptors (Lipinski definition) is 6. The second kappa shape index (κ2) is 9.27. The summed E-state index contributed by atoms with van der Waals surface area (Å²) in [5.74, 6) is -0.872. The Morgan fingerprint density at radius 3 is 2.18 bits per heavy atom. The molecule has 0 unspecified atom stereocenters. The van der Waals surface area contributed by atoms with Crippen LogP contribution in [-0.2, 0) is 19.6 Å². The maximum absolute atomic E-state index is 13.3. The normalized spacial score (nSPS) is 21.7. The summed E-state index contributed by atoms with van der Waals surface area (Å²) in [5.41, 5.74) is 4.02. The summed E-state index contributed by atoms with van der Waals surface area (Å²) >= 11 is 0. The number of nitrogens with one attached hydrogen (secondary N) is 2. The number of imide groups is 1. The highest BCUT2D eigenvalue weighted by Gasteiger charge is 2.52. The third-order valence-corrected chi connectivity index (χ3v) is 9.21. The number of carbonyl (C=O) groups is 3. The molecule has 186 valence electrons. The Balaban J connectivity index is 1.33. The summed E-state index contributed by atoms with van der Waals surface area (Å²) in [4.78, 5) is 39.9. The molecule has 0 atom stereocenters. The fourth-order valence-corrected chi connectivity index (χ4v) is 7.24. The molecule has 1 spiro atoms. The van der Waals surface area contributed by atoms with Crippen molar-refractivity contribution in [3.8, 4) is 0 Å². The number of hydrogen-bond donors (Lipinski definition) is 2. The number of amides is 4. The van der Waals surface area contributed by atoms with Crippen molar-refractivity contribution in [3.63, 3.8) is 0 Å². The summed E-state index contributed by atoms with van der Waals surface area (Å²) in [6.45, 7) is 6.79. The van der Waals surface area contributed by atoms with Crippen LogP contribution in [0.3, 0.4) is 0 Å². The van der Waals surface area contributed by atoms with E-state index in [9.17, 15) is 22.8 Å². The van der Waals surface area contributed by atoms with Gasteiger partial charge in [0, 0.05) is 26.2 Å². The fourth-order valence-electron chi connectivity index (χ4n) is 5.41. The molecule has 0 radical (unpaired) electrons. The Kier molecular flexibility index (Phi) is 6.71. The molecule has 34 heavy (non-hydrogen) atoms. The van der Waals surface area contributed by atoms with Crippen LogP contribution in [0.2, 0.25) is 0 Å². The van der Waals surface area contributed by atoms with Gasteiger partial charge in [0.15, 0.2) is 0 Å². The molecule has 4 rings (SSSR count). The summed E-state index contributed by atoms with van der Waals surface area (Å²) in [6.07, 6.45) is 3.92. The van der Waals surface area contributed by atoms with Crippen LogP contribution in [-0.4, -0.2) is 78.7 Å². The molecule has 11 heteroatoms. The molecule has 1 aromatic rings. The maximum Gasteiger partial charge on any atom is 0.344 e. The molecule has 1 aromatic carbocycles. The van der Waals surface area contributed by atoms with Crippen LogP contribution >= 0.6 is 0 Å². The Bertz CT molecular complexity index is 1080. The van der Waals surface area contributed by atoms with E-state index < -0.39 is 33.4 Å². The second-order valence-corrected chi connectivity index (χ2v) is 11.5. The lowest BCUT2D eigenvalue weighted by Crippen LogP contribution is -2.55. The topological polar surface area (TPSA) is 119 Å². The van der Waals surface area contributed by atoms with Gasteiger partial charge in [-0.25, -0.2) is 13.2 Å². The molecular formula is C23H33N5O5S. The van der Waals surface area contributed by atoms with Crippen LogP contribution in [0.5, 0.6) is 0 Å². The highest BCUT2D eigenvalue weighted by Crippen LogP contribution is 2.33. The Labute approximate surface area is 200 Å². The van der Waals surface area contributed by atoms with E-state index >= 15 is 0 Å². The number of urea groups is 1. The van der Waals surface area contributed by atoms with Gasteiger partial charge in [-0.2, -0.15) is 9.31 Å². The van der Waals surface area contributed by atoms with E-state index in [-0.39, 0.29) is 19.6 Å². The Morgan fingerprint density at radius 2 is 1.59 bits per heavy atom. The third-order valence-electron chi connectivity index (χ3n) is 7.01. The van der Waals surface area contributed by atoms with E-state index in [1.807, 2.05) is 24.0 Å². The molecule has 1 aliphatic carbocycles. The highest BCUT2D eigenvalue weighted by atomic mass is 32.2. The van der Waals surface area contributed by atoms with Crippen molar-refractivity contribution in [3.05, 3.63) is 28.8 Å². The zero-order valence-electron chi connectivity index (χ0n) is 20.0. The quantitative estimate of drug-likeness (QED) is 0.598. The molecule has 3 aliphatic rings. The van der Waals surface area contributed by atoms with E-state index in [1.54, 1.807) is 13.8 Å². The molecule has 2 N–H and O–H groups in total. The number of sulfonamides is 1. The Morgan fingerprint density at radius 1 is 1.00 bits per heavy atom. The van der Waals surface area contributed by atoms with Crippen molar-refractivity contribution < 1.29 is 22.8 Å². The van der Waals surface area contributed by atoms with E-state index in [4.69, 9.17) is 0 Å². The van der Waals surface area contributed by atoms with Crippen molar-refractivity contribution in [2.75, 3.05) is 32.7 Å². The average Bonchev–Trinajstić information content (AvgIpc) is 2.97. The van der Waals surface area contributed by atoms with Gasteiger partial charge >= 0.3 is 6.03 Å². The molecule has 3 fully saturated rings. The second-order valence-electron chi connectivity index (χ2n) is 9.66. The van der Waals surface area contributed by atoms with Crippen molar-refractivity contribution in [1.82, 2.24) is 25.0 Å². The molecule has 0 aromatic heterocycles. The van der Waals surface area contributed by atoms with Crippen LogP contribution < -0.4 is 10.7 Å². The predicted octanol–water partition coefficient (Wildman–Crippen LogP) is 1.20. The van der Waals surface area contributed by atoms with Crippen molar-refractivity contribution in [2.45, 2.75) is 63.3 Å².